The molecule has 0 spiro atoms. The second-order valence-corrected chi connectivity index (χ2v) is 8.18. The number of anilines is 1. The molecule has 7 nitrogen and oxygen atoms in total. The molecule has 0 unspecified atom stereocenters. The molecule has 0 radical (unpaired) electrons. The number of nitrogens with zero attached hydrogens (tertiary/aromatic N) is 1. The van der Waals surface area contributed by atoms with E-state index in [0.29, 0.717) is 30.0 Å². The van der Waals surface area contributed by atoms with Gasteiger partial charge in [-0.15, -0.1) is 0 Å². The van der Waals surface area contributed by atoms with Crippen molar-refractivity contribution in [2.75, 3.05) is 31.0 Å². The summed E-state index contributed by atoms with van der Waals surface area (Å²) in [5.41, 5.74) is 2.77. The van der Waals surface area contributed by atoms with Crippen LogP contribution in [0.4, 0.5) is 5.69 Å². The van der Waals surface area contributed by atoms with E-state index in [9.17, 15) is 14.4 Å². The zero-order valence-corrected chi connectivity index (χ0v) is 17.6. The van der Waals surface area contributed by atoms with E-state index in [0.717, 1.165) is 16.9 Å². The molecule has 0 aromatic heterocycles. The maximum absolute atomic E-state index is 13.3. The van der Waals surface area contributed by atoms with Gasteiger partial charge in [0.25, 0.3) is 5.91 Å². The molecule has 2 aromatic carbocycles. The first kappa shape index (κ1) is 20.3. The van der Waals surface area contributed by atoms with E-state index in [2.05, 4.69) is 10.6 Å². The lowest BCUT2D eigenvalue weighted by molar-refractivity contribution is -0.122. The Hall–Kier alpha value is -3.00. The van der Waals surface area contributed by atoms with Gasteiger partial charge in [-0.25, -0.2) is 0 Å². The van der Waals surface area contributed by atoms with E-state index >= 15 is 0 Å². The number of nitrogens with one attached hydrogen (secondary N) is 2. The fraction of sp³-hybridized carbons (Fsp3) is 0.318. The lowest BCUT2D eigenvalue weighted by Crippen LogP contribution is -2.51. The van der Waals surface area contributed by atoms with E-state index in [-0.39, 0.29) is 23.8 Å². The van der Waals surface area contributed by atoms with Crippen molar-refractivity contribution in [3.63, 3.8) is 0 Å². The summed E-state index contributed by atoms with van der Waals surface area (Å²) < 4.78 is 5.20. The molecular weight excluding hydrogens is 402 g/mol. The largest absolute Gasteiger partial charge is 0.497 e. The van der Waals surface area contributed by atoms with Crippen molar-refractivity contribution in [3.05, 3.63) is 48.0 Å². The number of carbonyl (C=O) groups excluding carboxylic acids is 3. The summed E-state index contributed by atoms with van der Waals surface area (Å²) in [5.74, 6) is 0.477. The molecule has 2 heterocycles. The SMILES string of the molecule is COc1ccc(-c2ccc3c(c2)C(=O)N2CC[C@H](NC(=O)CSC)[C@H]2C(=O)N3)cc1. The van der Waals surface area contributed by atoms with Crippen LogP contribution in [-0.4, -0.2) is 60.4 Å². The van der Waals surface area contributed by atoms with Gasteiger partial charge in [-0.1, -0.05) is 18.2 Å². The molecule has 30 heavy (non-hydrogen) atoms. The highest BCUT2D eigenvalue weighted by Gasteiger charge is 2.45. The zero-order chi connectivity index (χ0) is 21.3. The molecule has 0 saturated carbocycles. The molecule has 2 aliphatic rings. The van der Waals surface area contributed by atoms with Gasteiger partial charge in [0.2, 0.25) is 11.8 Å². The predicted molar refractivity (Wildman–Crippen MR) is 117 cm³/mol. The van der Waals surface area contributed by atoms with Gasteiger partial charge in [0.1, 0.15) is 11.8 Å². The Morgan fingerprint density at radius 2 is 1.93 bits per heavy atom. The van der Waals surface area contributed by atoms with Crippen LogP contribution >= 0.6 is 11.8 Å². The van der Waals surface area contributed by atoms with Crippen LogP contribution < -0.4 is 15.4 Å². The second kappa shape index (κ2) is 8.39. The van der Waals surface area contributed by atoms with Crippen molar-refractivity contribution in [2.45, 2.75) is 18.5 Å². The van der Waals surface area contributed by atoms with Crippen molar-refractivity contribution < 1.29 is 19.1 Å². The van der Waals surface area contributed by atoms with Crippen LogP contribution in [0.15, 0.2) is 42.5 Å². The van der Waals surface area contributed by atoms with Crippen LogP contribution in [0.1, 0.15) is 16.8 Å². The first-order chi connectivity index (χ1) is 14.5. The Morgan fingerprint density at radius 1 is 1.20 bits per heavy atom. The van der Waals surface area contributed by atoms with Gasteiger partial charge in [0, 0.05) is 6.54 Å². The number of hydrogen-bond acceptors (Lipinski definition) is 5. The van der Waals surface area contributed by atoms with Crippen LogP contribution in [0, 0.1) is 0 Å². The van der Waals surface area contributed by atoms with Crippen LogP contribution in [0.2, 0.25) is 0 Å². The number of rotatable bonds is 5. The minimum atomic E-state index is -0.708. The number of fused-ring (bicyclic) bond motifs is 2. The summed E-state index contributed by atoms with van der Waals surface area (Å²) in [6.07, 6.45) is 2.40. The second-order valence-electron chi connectivity index (χ2n) is 7.32. The van der Waals surface area contributed by atoms with Crippen LogP contribution in [0.3, 0.4) is 0 Å². The molecule has 2 aromatic rings. The number of amides is 3. The minimum absolute atomic E-state index is 0.127. The van der Waals surface area contributed by atoms with E-state index < -0.39 is 6.04 Å². The average molecular weight is 426 g/mol. The third kappa shape index (κ3) is 3.75. The fourth-order valence-electron chi connectivity index (χ4n) is 4.03. The number of methoxy groups -OCH3 is 1. The van der Waals surface area contributed by atoms with Gasteiger partial charge < -0.3 is 20.3 Å². The maximum Gasteiger partial charge on any atom is 0.256 e. The summed E-state index contributed by atoms with van der Waals surface area (Å²) >= 11 is 1.42. The number of ether oxygens (including phenoxy) is 1. The first-order valence-electron chi connectivity index (χ1n) is 9.70. The van der Waals surface area contributed by atoms with Crippen molar-refractivity contribution in [1.29, 1.82) is 0 Å². The Labute approximate surface area is 179 Å². The molecule has 156 valence electrons. The molecule has 0 aliphatic carbocycles. The van der Waals surface area contributed by atoms with Crippen LogP contribution in [0.5, 0.6) is 5.75 Å². The van der Waals surface area contributed by atoms with Crippen molar-refractivity contribution in [2.24, 2.45) is 0 Å². The topological polar surface area (TPSA) is 87.7 Å². The molecular formula is C22H23N3O4S. The van der Waals surface area contributed by atoms with E-state index in [1.54, 1.807) is 18.1 Å². The Bertz CT molecular complexity index is 992. The molecule has 2 aliphatic heterocycles. The van der Waals surface area contributed by atoms with Gasteiger partial charge in [0.05, 0.1) is 30.2 Å². The predicted octanol–water partition coefficient (Wildman–Crippen LogP) is 2.38. The Kier molecular flexibility index (Phi) is 5.67. The third-order valence-corrected chi connectivity index (χ3v) is 6.03. The normalized spacial score (nSPS) is 20.1. The molecule has 0 bridgehead atoms. The highest BCUT2D eigenvalue weighted by atomic mass is 32.2. The van der Waals surface area contributed by atoms with Crippen molar-refractivity contribution in [1.82, 2.24) is 10.2 Å². The third-order valence-electron chi connectivity index (χ3n) is 5.48. The van der Waals surface area contributed by atoms with Gasteiger partial charge in [-0.05, 0) is 48.1 Å². The standard InChI is InChI=1S/C22H23N3O4S/c1-29-15-6-3-13(4-7-15)14-5-8-17-16(11-14)22(28)25-10-9-18(20(25)21(27)24-17)23-19(26)12-30-2/h3-8,11,18,20H,9-10,12H2,1-2H3,(H,23,26)(H,24,27)/t18-,20-/m0/s1. The van der Waals surface area contributed by atoms with E-state index in [4.69, 9.17) is 4.74 Å². The van der Waals surface area contributed by atoms with E-state index in [1.807, 2.05) is 42.7 Å². The molecule has 2 atom stereocenters. The zero-order valence-electron chi connectivity index (χ0n) is 16.8. The summed E-state index contributed by atoms with van der Waals surface area (Å²) in [6, 6.07) is 11.9. The summed E-state index contributed by atoms with van der Waals surface area (Å²) in [6.45, 7) is 0.424. The summed E-state index contributed by atoms with van der Waals surface area (Å²) in [7, 11) is 1.61. The molecule has 8 heteroatoms. The summed E-state index contributed by atoms with van der Waals surface area (Å²) in [4.78, 5) is 39.8. The van der Waals surface area contributed by atoms with E-state index in [1.165, 1.54) is 11.8 Å². The molecule has 1 fully saturated rings. The molecule has 4 rings (SSSR count). The quantitative estimate of drug-likeness (QED) is 0.768. The highest BCUT2D eigenvalue weighted by Crippen LogP contribution is 2.32. The van der Waals surface area contributed by atoms with Crippen molar-refractivity contribution in [3.8, 4) is 16.9 Å². The Balaban J connectivity index is 1.63. The van der Waals surface area contributed by atoms with Gasteiger partial charge >= 0.3 is 0 Å². The minimum Gasteiger partial charge on any atom is -0.497 e. The monoisotopic (exact) mass is 425 g/mol. The number of benzene rings is 2. The number of carbonyl (C=O) groups is 3. The number of hydrogen-bond donors (Lipinski definition) is 2. The van der Waals surface area contributed by atoms with Crippen LogP contribution in [-0.2, 0) is 9.59 Å². The van der Waals surface area contributed by atoms with Crippen molar-refractivity contribution >= 4 is 35.2 Å². The average Bonchev–Trinajstić information content (AvgIpc) is 3.13. The first-order valence-corrected chi connectivity index (χ1v) is 11.1. The molecule has 2 N–H and O–H groups in total. The van der Waals surface area contributed by atoms with Gasteiger partial charge in [0.15, 0.2) is 0 Å². The Morgan fingerprint density at radius 3 is 2.63 bits per heavy atom. The lowest BCUT2D eigenvalue weighted by atomic mass is 10.0. The smallest absolute Gasteiger partial charge is 0.256 e. The molecule has 3 amide bonds. The number of thioether (sulfide) groups is 1. The fourth-order valence-corrected chi connectivity index (χ4v) is 4.38. The summed E-state index contributed by atoms with van der Waals surface area (Å²) in [5, 5.41) is 5.78. The van der Waals surface area contributed by atoms with Gasteiger partial charge in [-0.2, -0.15) is 11.8 Å². The maximum atomic E-state index is 13.3. The lowest BCUT2D eigenvalue weighted by Gasteiger charge is -2.24. The highest BCUT2D eigenvalue weighted by molar-refractivity contribution is 7.99. The van der Waals surface area contributed by atoms with Gasteiger partial charge in [-0.3, -0.25) is 14.4 Å². The van der Waals surface area contributed by atoms with Crippen LogP contribution in [0.25, 0.3) is 11.1 Å². The molecule has 1 saturated heterocycles.